The van der Waals surface area contributed by atoms with Crippen LogP contribution in [0.2, 0.25) is 26.2 Å². The van der Waals surface area contributed by atoms with E-state index in [0.717, 1.165) is 25.7 Å². The number of rotatable bonds is 4. The van der Waals surface area contributed by atoms with Crippen molar-refractivity contribution < 1.29 is 1.37 Å². The Morgan fingerprint density at radius 2 is 1.35 bits per heavy atom. The highest BCUT2D eigenvalue weighted by Gasteiger charge is 2.40. The van der Waals surface area contributed by atoms with Crippen molar-refractivity contribution >= 4 is 60.4 Å². The lowest BCUT2D eigenvalue weighted by Crippen LogP contribution is -2.61. The van der Waals surface area contributed by atoms with Crippen molar-refractivity contribution in [1.29, 1.82) is 0 Å². The van der Waals surface area contributed by atoms with Crippen molar-refractivity contribution in [3.05, 3.63) is 120 Å². The van der Waals surface area contributed by atoms with Crippen LogP contribution in [0.5, 0.6) is 0 Å². The Balaban J connectivity index is 1.32. The normalized spacial score (nSPS) is 19.0. The summed E-state index contributed by atoms with van der Waals surface area (Å²) in [5.41, 5.74) is 6.54. The molecule has 2 heterocycles. The second-order valence-electron chi connectivity index (χ2n) is 15.0. The maximum absolute atomic E-state index is 9.78. The van der Waals surface area contributed by atoms with Crippen LogP contribution in [0.25, 0.3) is 11.1 Å². The van der Waals surface area contributed by atoms with E-state index in [1.54, 1.807) is 15.6 Å². The van der Waals surface area contributed by atoms with Gasteiger partial charge >= 0.3 is 0 Å². The van der Waals surface area contributed by atoms with Gasteiger partial charge in [0.2, 0.25) is 0 Å². The van der Waals surface area contributed by atoms with E-state index < -0.39 is 22.0 Å². The van der Waals surface area contributed by atoms with E-state index >= 15 is 0 Å². The van der Waals surface area contributed by atoms with E-state index in [9.17, 15) is 1.37 Å². The number of hydrogen-bond donors (Lipinski definition) is 0. The van der Waals surface area contributed by atoms with Crippen molar-refractivity contribution in [3.8, 4) is 11.1 Å². The summed E-state index contributed by atoms with van der Waals surface area (Å²) in [4.78, 5) is 5.68. The molecular weight excluding hydrogens is 625 g/mol. The van der Waals surface area contributed by atoms with Gasteiger partial charge in [-0.1, -0.05) is 173 Å². The number of fused-ring (bicyclic) bond motifs is 4. The van der Waals surface area contributed by atoms with Gasteiger partial charge in [0.15, 0.2) is 0 Å². The molecule has 0 spiro atoms. The minimum atomic E-state index is -2.16. The van der Waals surface area contributed by atoms with Gasteiger partial charge in [-0.15, -0.1) is 0 Å². The van der Waals surface area contributed by atoms with Gasteiger partial charge in [-0.2, -0.15) is 0 Å². The molecule has 0 saturated heterocycles. The summed E-state index contributed by atoms with van der Waals surface area (Å²) < 4.78 is 9.78. The lowest BCUT2D eigenvalue weighted by molar-refractivity contribution is 0.608. The van der Waals surface area contributed by atoms with Crippen LogP contribution < -0.4 is 20.7 Å². The Morgan fingerprint density at radius 1 is 0.696 bits per heavy atom. The molecule has 0 radical (unpaired) electrons. The molecule has 232 valence electrons. The summed E-state index contributed by atoms with van der Waals surface area (Å²) in [7, 11) is -3.99. The summed E-state index contributed by atoms with van der Waals surface area (Å²) in [6.07, 6.45) is 4.17. The molecule has 1 saturated carbocycles. The minimum absolute atomic E-state index is 0.0850. The molecule has 0 nitrogen and oxygen atoms in total. The third-order valence-corrected chi connectivity index (χ3v) is 21.3. The fourth-order valence-electron chi connectivity index (χ4n) is 8.33. The first kappa shape index (κ1) is 29.4. The molecule has 0 atom stereocenters. The Labute approximate surface area is 287 Å². The monoisotopic (exact) mass is 669 g/mol. The summed E-state index contributed by atoms with van der Waals surface area (Å²) in [6, 6.07) is 39.6. The van der Waals surface area contributed by atoms with Crippen molar-refractivity contribution in [2.45, 2.75) is 96.6 Å². The Morgan fingerprint density at radius 3 is 2.15 bits per heavy atom. The minimum Gasteiger partial charge on any atom is -0.0904 e. The molecule has 46 heavy (non-hydrogen) atoms. The van der Waals surface area contributed by atoms with E-state index in [1.165, 1.54) is 52.6 Å². The summed E-state index contributed by atoms with van der Waals surface area (Å²) in [6.45, 7) is 14.9. The number of benzene rings is 5. The van der Waals surface area contributed by atoms with E-state index in [0.29, 0.717) is 0 Å². The van der Waals surface area contributed by atoms with Gasteiger partial charge in [0, 0.05) is 26.4 Å². The van der Waals surface area contributed by atoms with Crippen LogP contribution in [0.4, 0.5) is 0 Å². The van der Waals surface area contributed by atoms with Crippen LogP contribution >= 0.6 is 23.5 Å². The fourth-order valence-corrected chi connectivity index (χ4v) is 18.9. The van der Waals surface area contributed by atoms with Crippen LogP contribution in [0.15, 0.2) is 123 Å². The Hall–Kier alpha value is -2.77. The van der Waals surface area contributed by atoms with Gasteiger partial charge in [-0.3, -0.25) is 0 Å². The molecule has 0 aromatic heterocycles. The van der Waals surface area contributed by atoms with E-state index in [2.05, 4.69) is 143 Å². The van der Waals surface area contributed by atoms with Crippen LogP contribution in [-0.4, -0.2) is 16.1 Å². The fraction of sp³-hybridized carbons (Fsp3) is 0.286. The molecule has 0 amide bonds. The third-order valence-electron chi connectivity index (χ3n) is 11.2. The van der Waals surface area contributed by atoms with Crippen molar-refractivity contribution in [3.63, 3.8) is 0 Å². The van der Waals surface area contributed by atoms with Crippen molar-refractivity contribution in [2.75, 3.05) is 0 Å². The number of hydrogen-bond acceptors (Lipinski definition) is 2. The summed E-state index contributed by atoms with van der Waals surface area (Å²) in [5, 5.41) is 6.16. The SMILES string of the molecule is [2H]C1(c2ccc([Si](C)(C)c3cccc4c3Sc3ccccc3[Si]4(C)C)cc2-c2cccc3c2Sc2ccccc2C3(C)C)CCCC1. The molecular formula is C42H44S2Si2. The van der Waals surface area contributed by atoms with Crippen LogP contribution in [0, 0.1) is 0 Å². The quantitative estimate of drug-likeness (QED) is 0.175. The topological polar surface area (TPSA) is 0 Å². The Kier molecular flexibility index (Phi) is 7.12. The molecule has 0 bridgehead atoms. The molecule has 0 N–H and O–H groups in total. The van der Waals surface area contributed by atoms with Gasteiger partial charge in [-0.05, 0) is 74.2 Å². The van der Waals surface area contributed by atoms with Gasteiger partial charge in [-0.25, -0.2) is 0 Å². The summed E-state index contributed by atoms with van der Waals surface area (Å²) >= 11 is 3.93. The predicted molar refractivity (Wildman–Crippen MR) is 206 cm³/mol. The molecule has 3 aliphatic rings. The predicted octanol–water partition coefficient (Wildman–Crippen LogP) is 9.91. The molecule has 5 aromatic carbocycles. The van der Waals surface area contributed by atoms with Crippen LogP contribution in [-0.2, 0) is 5.41 Å². The first-order valence-corrected chi connectivity index (χ1v) is 24.5. The van der Waals surface area contributed by atoms with E-state index in [-0.39, 0.29) is 5.41 Å². The van der Waals surface area contributed by atoms with Crippen LogP contribution in [0.1, 0.15) is 63.5 Å². The van der Waals surface area contributed by atoms with Gasteiger partial charge < -0.3 is 0 Å². The average molecular weight is 670 g/mol. The first-order valence-electron chi connectivity index (χ1n) is 17.4. The molecule has 5 aromatic rings. The van der Waals surface area contributed by atoms with E-state index in [1.807, 2.05) is 23.5 Å². The van der Waals surface area contributed by atoms with E-state index in [4.69, 9.17) is 0 Å². The highest BCUT2D eigenvalue weighted by atomic mass is 32.2. The third kappa shape index (κ3) is 4.70. The molecule has 1 fully saturated rings. The molecule has 0 unspecified atom stereocenters. The maximum Gasteiger partial charge on any atom is 0.115 e. The van der Waals surface area contributed by atoms with Crippen molar-refractivity contribution in [2.24, 2.45) is 0 Å². The van der Waals surface area contributed by atoms with Crippen LogP contribution in [0.3, 0.4) is 0 Å². The van der Waals surface area contributed by atoms with Crippen molar-refractivity contribution in [1.82, 2.24) is 0 Å². The lowest BCUT2D eigenvalue weighted by Gasteiger charge is -2.37. The zero-order chi connectivity index (χ0) is 32.8. The second kappa shape index (κ2) is 11.2. The highest BCUT2D eigenvalue weighted by molar-refractivity contribution is 8.00. The lowest BCUT2D eigenvalue weighted by atomic mass is 9.76. The van der Waals surface area contributed by atoms with Gasteiger partial charge in [0.25, 0.3) is 0 Å². The largest absolute Gasteiger partial charge is 0.115 e. The first-order chi connectivity index (χ1) is 22.4. The zero-order valence-corrected chi connectivity index (χ0v) is 31.6. The molecule has 8 rings (SSSR count). The highest BCUT2D eigenvalue weighted by Crippen LogP contribution is 2.53. The standard InChI is InChI=1S/C42H44S2Si2/c1-42(2)33-18-9-10-20-35(33)43-40-31(17-13-19-34(40)42)32-27-29(25-26-30(32)28-15-7-8-16-28)45(3,4)38-23-14-24-39-41(38)44-36-21-11-12-22-37(36)46(39,5)6/h9-14,17-28H,7-8,15-16H2,1-6H3/i28D. The Bertz CT molecular complexity index is 2050. The maximum atomic E-state index is 9.78. The molecule has 1 aliphatic carbocycles. The molecule has 4 heteroatoms. The smallest absolute Gasteiger partial charge is 0.0904 e. The summed E-state index contributed by atoms with van der Waals surface area (Å²) in [5.74, 6) is -0.532. The molecule has 2 aliphatic heterocycles. The zero-order valence-electron chi connectivity index (χ0n) is 29.0. The second-order valence-corrected chi connectivity index (χ2v) is 25.8. The van der Waals surface area contributed by atoms with Gasteiger partial charge in [0.05, 0.1) is 0 Å². The average Bonchev–Trinajstić information content (AvgIpc) is 3.51. The van der Waals surface area contributed by atoms with Gasteiger partial charge in [0.1, 0.15) is 16.1 Å².